The molecule has 2 aromatic rings. The van der Waals surface area contributed by atoms with Gasteiger partial charge in [-0.05, 0) is 6.42 Å². The van der Waals surface area contributed by atoms with E-state index in [0.29, 0.717) is 5.95 Å². The Morgan fingerprint density at radius 2 is 2.08 bits per heavy atom. The number of hydrogen-bond acceptors (Lipinski definition) is 3. The molecule has 0 aliphatic carbocycles. The van der Waals surface area contributed by atoms with Crippen molar-refractivity contribution in [1.29, 1.82) is 0 Å². The number of nitrogens with zero attached hydrogens (tertiary/aromatic N) is 4. The minimum Gasteiger partial charge on any atom is -0.369 e. The van der Waals surface area contributed by atoms with Crippen molar-refractivity contribution in [3.8, 4) is 0 Å². The van der Waals surface area contributed by atoms with Gasteiger partial charge in [-0.2, -0.15) is 5.10 Å². The molecule has 0 saturated carbocycles. The minimum absolute atomic E-state index is 0.540. The van der Waals surface area contributed by atoms with Gasteiger partial charge in [0, 0.05) is 14.1 Å². The van der Waals surface area contributed by atoms with Crippen molar-refractivity contribution in [2.75, 3.05) is 5.73 Å². The number of imidazole rings is 1. The average molecular weight is 179 g/mol. The van der Waals surface area contributed by atoms with Gasteiger partial charge in [-0.15, -0.1) is 0 Å². The molecule has 0 fully saturated rings. The van der Waals surface area contributed by atoms with E-state index in [1.807, 2.05) is 23.3 Å². The van der Waals surface area contributed by atoms with Crippen LogP contribution in [0.15, 0.2) is 0 Å². The number of rotatable bonds is 1. The molecule has 0 aliphatic rings. The van der Waals surface area contributed by atoms with Crippen LogP contribution in [0, 0.1) is 0 Å². The Balaban J connectivity index is 2.87. The Morgan fingerprint density at radius 1 is 1.38 bits per heavy atom. The first-order valence-electron chi connectivity index (χ1n) is 4.29. The lowest BCUT2D eigenvalue weighted by Gasteiger charge is -1.96. The van der Waals surface area contributed by atoms with E-state index < -0.39 is 0 Å². The Morgan fingerprint density at radius 3 is 2.69 bits per heavy atom. The lowest BCUT2D eigenvalue weighted by Crippen LogP contribution is -2.02. The van der Waals surface area contributed by atoms with Crippen LogP contribution in [0.25, 0.3) is 11.2 Å². The summed E-state index contributed by atoms with van der Waals surface area (Å²) in [6.07, 6.45) is 0.883. The normalized spacial score (nSPS) is 11.3. The predicted molar refractivity (Wildman–Crippen MR) is 51.3 cm³/mol. The number of hydrogen-bond donors (Lipinski definition) is 1. The van der Waals surface area contributed by atoms with Crippen LogP contribution >= 0.6 is 0 Å². The maximum absolute atomic E-state index is 5.70. The van der Waals surface area contributed by atoms with Gasteiger partial charge in [-0.3, -0.25) is 9.25 Å². The summed E-state index contributed by atoms with van der Waals surface area (Å²) in [6, 6.07) is 0. The van der Waals surface area contributed by atoms with Crippen LogP contribution in [0.5, 0.6) is 0 Å². The van der Waals surface area contributed by atoms with E-state index in [9.17, 15) is 0 Å². The second-order valence-corrected chi connectivity index (χ2v) is 3.13. The molecule has 0 unspecified atom stereocenters. The number of nitrogens with two attached hydrogens (primary N) is 1. The van der Waals surface area contributed by atoms with E-state index in [1.54, 1.807) is 0 Å². The largest absolute Gasteiger partial charge is 0.369 e. The summed E-state index contributed by atoms with van der Waals surface area (Å²) < 4.78 is 3.67. The summed E-state index contributed by atoms with van der Waals surface area (Å²) in [5, 5.41) is 4.35. The molecule has 2 aromatic heterocycles. The SMILES string of the molecule is CCc1nn(C)c2c1nc(N)n2C. The molecule has 2 rings (SSSR count). The third-order valence-corrected chi connectivity index (χ3v) is 2.28. The first-order chi connectivity index (χ1) is 6.15. The summed E-state index contributed by atoms with van der Waals surface area (Å²) in [7, 11) is 3.80. The first kappa shape index (κ1) is 8.10. The molecule has 70 valence electrons. The minimum atomic E-state index is 0.540. The maximum atomic E-state index is 5.70. The molecule has 2 N–H and O–H groups in total. The van der Waals surface area contributed by atoms with Crippen LogP contribution in [0.1, 0.15) is 12.6 Å². The van der Waals surface area contributed by atoms with Crippen LogP contribution in [-0.4, -0.2) is 19.3 Å². The second-order valence-electron chi connectivity index (χ2n) is 3.13. The molecule has 0 radical (unpaired) electrons. The van der Waals surface area contributed by atoms with E-state index >= 15 is 0 Å². The third-order valence-electron chi connectivity index (χ3n) is 2.28. The van der Waals surface area contributed by atoms with E-state index in [-0.39, 0.29) is 0 Å². The van der Waals surface area contributed by atoms with E-state index in [0.717, 1.165) is 23.3 Å². The maximum Gasteiger partial charge on any atom is 0.202 e. The molecule has 0 atom stereocenters. The van der Waals surface area contributed by atoms with E-state index in [2.05, 4.69) is 17.0 Å². The number of aryl methyl sites for hydroxylation is 3. The van der Waals surface area contributed by atoms with Crippen molar-refractivity contribution in [2.45, 2.75) is 13.3 Å². The lowest BCUT2D eigenvalue weighted by atomic mass is 10.3. The van der Waals surface area contributed by atoms with Gasteiger partial charge in [0.15, 0.2) is 5.65 Å². The van der Waals surface area contributed by atoms with E-state index in [1.165, 1.54) is 0 Å². The zero-order valence-electron chi connectivity index (χ0n) is 8.07. The van der Waals surface area contributed by atoms with Gasteiger partial charge in [-0.1, -0.05) is 6.92 Å². The summed E-state index contributed by atoms with van der Waals surface area (Å²) in [6.45, 7) is 2.06. The van der Waals surface area contributed by atoms with Gasteiger partial charge >= 0.3 is 0 Å². The van der Waals surface area contributed by atoms with Gasteiger partial charge in [0.2, 0.25) is 5.95 Å². The summed E-state index contributed by atoms with van der Waals surface area (Å²) in [5.41, 5.74) is 8.61. The fourth-order valence-corrected chi connectivity index (χ4v) is 1.58. The number of nitrogen functional groups attached to an aromatic ring is 1. The quantitative estimate of drug-likeness (QED) is 0.691. The van der Waals surface area contributed by atoms with Gasteiger partial charge in [0.25, 0.3) is 0 Å². The fourth-order valence-electron chi connectivity index (χ4n) is 1.58. The van der Waals surface area contributed by atoms with E-state index in [4.69, 9.17) is 5.73 Å². The standard InChI is InChI=1S/C8H13N5/c1-4-5-6-7(13(3)11-5)12(2)8(9)10-6/h4H2,1-3H3,(H2,9,10). The van der Waals surface area contributed by atoms with Crippen molar-refractivity contribution in [3.05, 3.63) is 5.69 Å². The molecule has 0 aromatic carbocycles. The Labute approximate surface area is 76.2 Å². The highest BCUT2D eigenvalue weighted by Gasteiger charge is 2.13. The Kier molecular flexibility index (Phi) is 1.55. The van der Waals surface area contributed by atoms with Crippen LogP contribution in [-0.2, 0) is 20.5 Å². The molecule has 5 nitrogen and oxygen atoms in total. The molecule has 2 heterocycles. The summed E-state index contributed by atoms with van der Waals surface area (Å²) >= 11 is 0. The second kappa shape index (κ2) is 2.48. The topological polar surface area (TPSA) is 61.7 Å². The van der Waals surface area contributed by atoms with Crippen LogP contribution in [0.4, 0.5) is 5.95 Å². The van der Waals surface area contributed by atoms with Crippen molar-refractivity contribution in [2.24, 2.45) is 14.1 Å². The van der Waals surface area contributed by atoms with Crippen molar-refractivity contribution >= 4 is 17.1 Å². The summed E-state index contributed by atoms with van der Waals surface area (Å²) in [5.74, 6) is 0.540. The Hall–Kier alpha value is -1.52. The molecular formula is C8H13N5. The predicted octanol–water partition coefficient (Wildman–Crippen LogP) is 0.451. The van der Waals surface area contributed by atoms with Crippen LogP contribution < -0.4 is 5.73 Å². The number of fused-ring (bicyclic) bond motifs is 1. The Bertz CT molecular complexity index is 450. The molecular weight excluding hydrogens is 166 g/mol. The highest BCUT2D eigenvalue weighted by Crippen LogP contribution is 2.19. The van der Waals surface area contributed by atoms with Crippen molar-refractivity contribution in [3.63, 3.8) is 0 Å². The zero-order valence-corrected chi connectivity index (χ0v) is 8.07. The molecule has 0 amide bonds. The molecule has 0 aliphatic heterocycles. The van der Waals surface area contributed by atoms with Gasteiger partial charge in [-0.25, -0.2) is 4.98 Å². The average Bonchev–Trinajstić information content (AvgIpc) is 2.54. The molecule has 13 heavy (non-hydrogen) atoms. The van der Waals surface area contributed by atoms with Gasteiger partial charge in [0.05, 0.1) is 5.69 Å². The monoisotopic (exact) mass is 179 g/mol. The fraction of sp³-hybridized carbons (Fsp3) is 0.500. The van der Waals surface area contributed by atoms with Gasteiger partial charge in [0.1, 0.15) is 5.52 Å². The zero-order chi connectivity index (χ0) is 9.59. The van der Waals surface area contributed by atoms with Crippen molar-refractivity contribution < 1.29 is 0 Å². The molecule has 5 heteroatoms. The van der Waals surface area contributed by atoms with Crippen molar-refractivity contribution in [1.82, 2.24) is 19.3 Å². The highest BCUT2D eigenvalue weighted by molar-refractivity contribution is 5.77. The molecule has 0 saturated heterocycles. The highest BCUT2D eigenvalue weighted by atomic mass is 15.3. The third kappa shape index (κ3) is 0.929. The summed E-state index contributed by atoms with van der Waals surface area (Å²) in [4.78, 5) is 4.26. The molecule has 0 spiro atoms. The van der Waals surface area contributed by atoms with Crippen LogP contribution in [0.3, 0.4) is 0 Å². The smallest absolute Gasteiger partial charge is 0.202 e. The number of aromatic nitrogens is 4. The van der Waals surface area contributed by atoms with Crippen LogP contribution in [0.2, 0.25) is 0 Å². The first-order valence-corrected chi connectivity index (χ1v) is 4.29. The van der Waals surface area contributed by atoms with Gasteiger partial charge < -0.3 is 5.73 Å². The lowest BCUT2D eigenvalue weighted by molar-refractivity contribution is 0.739. The number of anilines is 1. The molecule has 0 bridgehead atoms.